The maximum atomic E-state index is 4.88. The second kappa shape index (κ2) is 5.49. The number of hydrogen-bond acceptors (Lipinski definition) is 4. The second-order valence-corrected chi connectivity index (χ2v) is 5.76. The van der Waals surface area contributed by atoms with Crippen molar-refractivity contribution in [2.45, 2.75) is 0 Å². The van der Waals surface area contributed by atoms with Crippen molar-refractivity contribution in [3.05, 3.63) is 79.1 Å². The fourth-order valence-corrected chi connectivity index (χ4v) is 3.07. The number of aromatic nitrogens is 5. The molecule has 2 aromatic carbocycles. The first-order valence-corrected chi connectivity index (χ1v) is 8.02. The lowest BCUT2D eigenvalue weighted by molar-refractivity contribution is 0.951. The van der Waals surface area contributed by atoms with Gasteiger partial charge in [-0.05, 0) is 12.1 Å². The Morgan fingerprint density at radius 3 is 2.16 bits per heavy atom. The Kier molecular flexibility index (Phi) is 3.03. The fraction of sp³-hybridized carbons (Fsp3) is 0. The van der Waals surface area contributed by atoms with Gasteiger partial charge < -0.3 is 0 Å². The van der Waals surface area contributed by atoms with E-state index < -0.39 is 0 Å². The van der Waals surface area contributed by atoms with Gasteiger partial charge in [-0.2, -0.15) is 9.61 Å². The molecule has 0 fully saturated rings. The molecule has 0 spiro atoms. The van der Waals surface area contributed by atoms with Gasteiger partial charge in [-0.25, -0.2) is 0 Å². The highest BCUT2D eigenvalue weighted by Gasteiger charge is 2.15. The molecule has 25 heavy (non-hydrogen) atoms. The standard InChI is InChI=1S/C20H13N5/c1-2-6-14(7-3-1)18-16-8-4-5-9-17(16)20-23-22-19(25(20)24-18)15-10-12-21-13-11-15/h1-13H. The molecule has 0 saturated carbocycles. The van der Waals surface area contributed by atoms with Gasteiger partial charge in [-0.15, -0.1) is 10.2 Å². The van der Waals surface area contributed by atoms with Gasteiger partial charge in [0.2, 0.25) is 0 Å². The summed E-state index contributed by atoms with van der Waals surface area (Å²) in [5.41, 5.74) is 3.67. The summed E-state index contributed by atoms with van der Waals surface area (Å²) in [6.07, 6.45) is 3.49. The molecular weight excluding hydrogens is 310 g/mol. The summed E-state index contributed by atoms with van der Waals surface area (Å²) < 4.78 is 1.82. The van der Waals surface area contributed by atoms with Crippen LogP contribution in [0.1, 0.15) is 0 Å². The van der Waals surface area contributed by atoms with Gasteiger partial charge in [0.25, 0.3) is 0 Å². The minimum atomic E-state index is 0.709. The van der Waals surface area contributed by atoms with Crippen molar-refractivity contribution >= 4 is 16.4 Å². The molecule has 0 saturated heterocycles. The minimum absolute atomic E-state index is 0.709. The van der Waals surface area contributed by atoms with Gasteiger partial charge in [0, 0.05) is 34.3 Å². The number of benzene rings is 2. The van der Waals surface area contributed by atoms with E-state index in [0.717, 1.165) is 33.2 Å². The summed E-state index contributed by atoms with van der Waals surface area (Å²) in [4.78, 5) is 4.07. The summed E-state index contributed by atoms with van der Waals surface area (Å²) in [7, 11) is 0. The van der Waals surface area contributed by atoms with Crippen molar-refractivity contribution in [1.29, 1.82) is 0 Å². The lowest BCUT2D eigenvalue weighted by Gasteiger charge is -2.08. The van der Waals surface area contributed by atoms with Gasteiger partial charge in [0.15, 0.2) is 11.5 Å². The van der Waals surface area contributed by atoms with Crippen LogP contribution in [-0.4, -0.2) is 24.8 Å². The van der Waals surface area contributed by atoms with Gasteiger partial charge in [0.1, 0.15) is 0 Å². The highest BCUT2D eigenvalue weighted by molar-refractivity contribution is 6.01. The van der Waals surface area contributed by atoms with E-state index in [9.17, 15) is 0 Å². The largest absolute Gasteiger partial charge is 0.265 e. The van der Waals surface area contributed by atoms with Crippen molar-refractivity contribution in [2.75, 3.05) is 0 Å². The molecule has 0 bridgehead atoms. The van der Waals surface area contributed by atoms with Crippen LogP contribution in [0.5, 0.6) is 0 Å². The van der Waals surface area contributed by atoms with Crippen LogP contribution in [0.25, 0.3) is 39.1 Å². The van der Waals surface area contributed by atoms with Gasteiger partial charge in [-0.3, -0.25) is 4.98 Å². The number of pyridine rings is 1. The lowest BCUT2D eigenvalue weighted by Crippen LogP contribution is -1.99. The molecule has 3 aromatic heterocycles. The molecule has 5 nitrogen and oxygen atoms in total. The zero-order valence-corrected chi connectivity index (χ0v) is 13.2. The van der Waals surface area contributed by atoms with Crippen LogP contribution < -0.4 is 0 Å². The smallest absolute Gasteiger partial charge is 0.186 e. The third-order valence-corrected chi connectivity index (χ3v) is 4.25. The van der Waals surface area contributed by atoms with Gasteiger partial charge >= 0.3 is 0 Å². The minimum Gasteiger partial charge on any atom is -0.265 e. The SMILES string of the molecule is c1ccc(-c2nn3c(-c4ccncc4)nnc3c3ccccc23)cc1. The van der Waals surface area contributed by atoms with E-state index in [0.29, 0.717) is 5.82 Å². The van der Waals surface area contributed by atoms with Crippen LogP contribution in [0.4, 0.5) is 0 Å². The van der Waals surface area contributed by atoms with E-state index in [1.165, 1.54) is 0 Å². The van der Waals surface area contributed by atoms with Crippen LogP contribution in [-0.2, 0) is 0 Å². The average Bonchev–Trinajstić information content (AvgIpc) is 3.13. The van der Waals surface area contributed by atoms with E-state index in [2.05, 4.69) is 39.4 Å². The molecule has 5 aromatic rings. The molecule has 118 valence electrons. The fourth-order valence-electron chi connectivity index (χ4n) is 3.07. The topological polar surface area (TPSA) is 56.0 Å². The van der Waals surface area contributed by atoms with Crippen LogP contribution >= 0.6 is 0 Å². The van der Waals surface area contributed by atoms with E-state index >= 15 is 0 Å². The molecule has 3 heterocycles. The zero-order valence-electron chi connectivity index (χ0n) is 13.2. The quantitative estimate of drug-likeness (QED) is 0.492. The van der Waals surface area contributed by atoms with Gasteiger partial charge in [-0.1, -0.05) is 54.6 Å². The number of nitrogens with zero attached hydrogens (tertiary/aromatic N) is 5. The van der Waals surface area contributed by atoms with Crippen molar-refractivity contribution in [1.82, 2.24) is 24.8 Å². The number of hydrogen-bond donors (Lipinski definition) is 0. The predicted octanol–water partition coefficient (Wildman–Crippen LogP) is 4.01. The Morgan fingerprint density at radius 1 is 0.640 bits per heavy atom. The van der Waals surface area contributed by atoms with Crippen LogP contribution in [0.3, 0.4) is 0 Å². The van der Waals surface area contributed by atoms with Crippen molar-refractivity contribution in [3.63, 3.8) is 0 Å². The average molecular weight is 323 g/mol. The van der Waals surface area contributed by atoms with E-state index in [1.54, 1.807) is 12.4 Å². The van der Waals surface area contributed by atoms with Gasteiger partial charge in [0.05, 0.1) is 5.69 Å². The first-order chi connectivity index (χ1) is 12.4. The zero-order chi connectivity index (χ0) is 16.6. The van der Waals surface area contributed by atoms with Crippen molar-refractivity contribution in [2.24, 2.45) is 0 Å². The molecule has 0 unspecified atom stereocenters. The molecule has 5 rings (SSSR count). The Bertz CT molecular complexity index is 1180. The Hall–Kier alpha value is -3.60. The lowest BCUT2D eigenvalue weighted by atomic mass is 10.1. The summed E-state index contributed by atoms with van der Waals surface area (Å²) >= 11 is 0. The summed E-state index contributed by atoms with van der Waals surface area (Å²) in [5.74, 6) is 0.709. The molecule has 0 atom stereocenters. The summed E-state index contributed by atoms with van der Waals surface area (Å²) in [6.45, 7) is 0. The molecule has 0 radical (unpaired) electrons. The first-order valence-electron chi connectivity index (χ1n) is 8.02. The number of rotatable bonds is 2. The van der Waals surface area contributed by atoms with Crippen molar-refractivity contribution in [3.8, 4) is 22.6 Å². The van der Waals surface area contributed by atoms with Crippen LogP contribution in [0.2, 0.25) is 0 Å². The van der Waals surface area contributed by atoms with Crippen molar-refractivity contribution < 1.29 is 0 Å². The second-order valence-electron chi connectivity index (χ2n) is 5.76. The van der Waals surface area contributed by atoms with E-state index in [-0.39, 0.29) is 0 Å². The first kappa shape index (κ1) is 13.8. The Morgan fingerprint density at radius 2 is 1.36 bits per heavy atom. The summed E-state index contributed by atoms with van der Waals surface area (Å²) in [6, 6.07) is 22.2. The molecule has 5 heteroatoms. The Labute approximate surface area is 143 Å². The molecule has 0 aliphatic carbocycles. The maximum Gasteiger partial charge on any atom is 0.186 e. The molecule has 0 N–H and O–H groups in total. The third kappa shape index (κ3) is 2.17. The maximum absolute atomic E-state index is 4.88. The predicted molar refractivity (Wildman–Crippen MR) is 97.0 cm³/mol. The monoisotopic (exact) mass is 323 g/mol. The van der Waals surface area contributed by atoms with Crippen LogP contribution in [0, 0.1) is 0 Å². The van der Waals surface area contributed by atoms with E-state index in [4.69, 9.17) is 5.10 Å². The Balaban J connectivity index is 1.90. The third-order valence-electron chi connectivity index (χ3n) is 4.25. The molecule has 0 aliphatic heterocycles. The van der Waals surface area contributed by atoms with E-state index in [1.807, 2.05) is 47.0 Å². The van der Waals surface area contributed by atoms with Crippen LogP contribution in [0.15, 0.2) is 79.1 Å². The molecular formula is C20H13N5. The highest BCUT2D eigenvalue weighted by atomic mass is 15.4. The summed E-state index contributed by atoms with van der Waals surface area (Å²) in [5, 5.41) is 15.7. The molecule has 0 amide bonds. The highest BCUT2D eigenvalue weighted by Crippen LogP contribution is 2.30. The number of fused-ring (bicyclic) bond motifs is 3. The normalized spacial score (nSPS) is 11.2. The molecule has 0 aliphatic rings.